The first-order valence-electron chi connectivity index (χ1n) is 9.73. The Morgan fingerprint density at radius 2 is 1.93 bits per heavy atom. The van der Waals surface area contributed by atoms with Crippen LogP contribution in [0.1, 0.15) is 25.7 Å². The van der Waals surface area contributed by atoms with Gasteiger partial charge >= 0.3 is 5.97 Å². The minimum atomic E-state index is -0.735. The quantitative estimate of drug-likeness (QED) is 0.804. The lowest BCUT2D eigenvalue weighted by Crippen LogP contribution is -2.52. The summed E-state index contributed by atoms with van der Waals surface area (Å²) in [7, 11) is 0. The van der Waals surface area contributed by atoms with E-state index in [2.05, 4.69) is 9.80 Å². The smallest absolute Gasteiger partial charge is 0.303 e. The van der Waals surface area contributed by atoms with Crippen molar-refractivity contribution in [3.8, 4) is 0 Å². The monoisotopic (exact) mass is 393 g/mol. The van der Waals surface area contributed by atoms with E-state index in [0.29, 0.717) is 18.9 Å². The number of carbonyl (C=O) groups is 2. The van der Waals surface area contributed by atoms with Crippen molar-refractivity contribution in [3.63, 3.8) is 0 Å². The first-order chi connectivity index (χ1) is 13.0. The van der Waals surface area contributed by atoms with Crippen LogP contribution in [0.4, 0.5) is 5.69 Å². The first-order valence-corrected chi connectivity index (χ1v) is 10.1. The normalized spacial score (nSPS) is 21.3. The summed E-state index contributed by atoms with van der Waals surface area (Å²) >= 11 is 6.07. The standard InChI is InChI=1S/C20H28ClN3O3/c21-17-4-1-5-18(13-17)23-9-11-24(12-10-23)19(25)15-22-8-2-3-16(14-22)6-7-20(26)27/h1,4-5,13,16H,2-3,6-12,14-15H2,(H,26,27). The van der Waals surface area contributed by atoms with Crippen molar-refractivity contribution < 1.29 is 14.7 Å². The highest BCUT2D eigenvalue weighted by molar-refractivity contribution is 6.30. The van der Waals surface area contributed by atoms with Crippen molar-refractivity contribution in [1.29, 1.82) is 0 Å². The molecule has 2 fully saturated rings. The first kappa shape index (κ1) is 20.0. The molecule has 1 N–H and O–H groups in total. The van der Waals surface area contributed by atoms with Crippen molar-refractivity contribution in [2.45, 2.75) is 25.7 Å². The zero-order chi connectivity index (χ0) is 19.2. The molecule has 27 heavy (non-hydrogen) atoms. The zero-order valence-corrected chi connectivity index (χ0v) is 16.4. The molecule has 2 saturated heterocycles. The highest BCUT2D eigenvalue weighted by Gasteiger charge is 2.26. The maximum absolute atomic E-state index is 12.7. The van der Waals surface area contributed by atoms with Crippen LogP contribution in [0.3, 0.4) is 0 Å². The van der Waals surface area contributed by atoms with E-state index in [-0.39, 0.29) is 12.3 Å². The fourth-order valence-corrected chi connectivity index (χ4v) is 4.22. The summed E-state index contributed by atoms with van der Waals surface area (Å²) in [6.07, 6.45) is 3.03. The predicted molar refractivity (Wildman–Crippen MR) is 106 cm³/mol. The minimum absolute atomic E-state index is 0.180. The Morgan fingerprint density at radius 3 is 2.63 bits per heavy atom. The lowest BCUT2D eigenvalue weighted by atomic mass is 9.93. The molecule has 0 saturated carbocycles. The maximum atomic E-state index is 12.7. The van der Waals surface area contributed by atoms with Gasteiger partial charge in [0.15, 0.2) is 0 Å². The number of halogens is 1. The van der Waals surface area contributed by atoms with Gasteiger partial charge in [0.1, 0.15) is 0 Å². The number of amides is 1. The van der Waals surface area contributed by atoms with Gasteiger partial charge in [-0.05, 0) is 49.9 Å². The number of carboxylic acids is 1. The van der Waals surface area contributed by atoms with Gasteiger partial charge in [-0.15, -0.1) is 0 Å². The fourth-order valence-electron chi connectivity index (χ4n) is 4.04. The van der Waals surface area contributed by atoms with E-state index in [1.54, 1.807) is 0 Å². The number of carboxylic acid groups (broad SMARTS) is 1. The molecule has 0 bridgehead atoms. The fraction of sp³-hybridized carbons (Fsp3) is 0.600. The Bertz CT molecular complexity index is 662. The van der Waals surface area contributed by atoms with Crippen LogP contribution in [0.15, 0.2) is 24.3 Å². The maximum Gasteiger partial charge on any atom is 0.303 e. The summed E-state index contributed by atoms with van der Waals surface area (Å²) in [6, 6.07) is 7.83. The Morgan fingerprint density at radius 1 is 1.15 bits per heavy atom. The molecule has 2 aliphatic rings. The summed E-state index contributed by atoms with van der Waals surface area (Å²) < 4.78 is 0. The molecule has 0 aliphatic carbocycles. The molecular formula is C20H28ClN3O3. The summed E-state index contributed by atoms with van der Waals surface area (Å²) in [5.74, 6) is -0.164. The van der Waals surface area contributed by atoms with Gasteiger partial charge in [0.05, 0.1) is 6.54 Å². The number of rotatable bonds is 6. The molecule has 1 unspecified atom stereocenters. The summed E-state index contributed by atoms with van der Waals surface area (Å²) in [5, 5.41) is 9.59. The molecule has 6 nitrogen and oxygen atoms in total. The van der Waals surface area contributed by atoms with Gasteiger partial charge in [-0.2, -0.15) is 0 Å². The third-order valence-corrected chi connectivity index (χ3v) is 5.77. The number of piperazine rings is 1. The van der Waals surface area contributed by atoms with Crippen molar-refractivity contribution in [2.75, 3.05) is 50.7 Å². The van der Waals surface area contributed by atoms with E-state index >= 15 is 0 Å². The van der Waals surface area contributed by atoms with Gasteiger partial charge in [0.2, 0.25) is 5.91 Å². The van der Waals surface area contributed by atoms with Crippen LogP contribution in [0, 0.1) is 5.92 Å². The third-order valence-electron chi connectivity index (χ3n) is 5.53. The molecule has 1 aromatic carbocycles. The second-order valence-corrected chi connectivity index (χ2v) is 7.96. The molecule has 1 atom stereocenters. The van der Waals surface area contributed by atoms with Gasteiger partial charge in [0, 0.05) is 49.9 Å². The molecule has 148 valence electrons. The van der Waals surface area contributed by atoms with E-state index in [1.165, 1.54) is 0 Å². The van der Waals surface area contributed by atoms with Crippen molar-refractivity contribution in [3.05, 3.63) is 29.3 Å². The number of hydrogen-bond donors (Lipinski definition) is 1. The van der Waals surface area contributed by atoms with E-state index < -0.39 is 5.97 Å². The molecule has 2 heterocycles. The minimum Gasteiger partial charge on any atom is -0.481 e. The Kier molecular flexibility index (Phi) is 6.96. The average Bonchev–Trinajstić information content (AvgIpc) is 2.67. The van der Waals surface area contributed by atoms with Crippen LogP contribution in [0.2, 0.25) is 5.02 Å². The highest BCUT2D eigenvalue weighted by Crippen LogP contribution is 2.22. The average molecular weight is 394 g/mol. The van der Waals surface area contributed by atoms with Crippen LogP contribution in [0.25, 0.3) is 0 Å². The topological polar surface area (TPSA) is 64.1 Å². The molecule has 2 aliphatic heterocycles. The van der Waals surface area contributed by atoms with Crippen molar-refractivity contribution in [1.82, 2.24) is 9.80 Å². The number of nitrogens with zero attached hydrogens (tertiary/aromatic N) is 3. The van der Waals surface area contributed by atoms with E-state index in [4.69, 9.17) is 16.7 Å². The van der Waals surface area contributed by atoms with Crippen LogP contribution in [-0.4, -0.2) is 72.6 Å². The van der Waals surface area contributed by atoms with Gasteiger partial charge in [0.25, 0.3) is 0 Å². The molecular weight excluding hydrogens is 366 g/mol. The van der Waals surface area contributed by atoms with Gasteiger partial charge < -0.3 is 14.9 Å². The summed E-state index contributed by atoms with van der Waals surface area (Å²) in [5.41, 5.74) is 1.10. The lowest BCUT2D eigenvalue weighted by Gasteiger charge is -2.38. The number of hydrogen-bond acceptors (Lipinski definition) is 4. The van der Waals surface area contributed by atoms with Gasteiger partial charge in [-0.1, -0.05) is 17.7 Å². The van der Waals surface area contributed by atoms with Gasteiger partial charge in [-0.3, -0.25) is 14.5 Å². The lowest BCUT2D eigenvalue weighted by molar-refractivity contribution is -0.138. The Balaban J connectivity index is 1.44. The number of anilines is 1. The van der Waals surface area contributed by atoms with Crippen molar-refractivity contribution in [2.24, 2.45) is 5.92 Å². The highest BCUT2D eigenvalue weighted by atomic mass is 35.5. The van der Waals surface area contributed by atoms with Crippen molar-refractivity contribution >= 4 is 29.2 Å². The van der Waals surface area contributed by atoms with E-state index in [0.717, 1.165) is 62.8 Å². The van der Waals surface area contributed by atoms with Crippen LogP contribution >= 0.6 is 11.6 Å². The molecule has 1 amide bonds. The second kappa shape index (κ2) is 9.42. The molecule has 1 aromatic rings. The SMILES string of the molecule is O=C(O)CCC1CCCN(CC(=O)N2CCN(c3cccc(Cl)c3)CC2)C1. The predicted octanol–water partition coefficient (Wildman–Crippen LogP) is 2.57. The van der Waals surface area contributed by atoms with Crippen LogP contribution in [-0.2, 0) is 9.59 Å². The molecule has 0 aromatic heterocycles. The molecule has 0 radical (unpaired) electrons. The number of likely N-dealkylation sites (tertiary alicyclic amines) is 1. The molecule has 3 rings (SSSR count). The number of carbonyl (C=O) groups excluding carboxylic acids is 1. The van der Waals surface area contributed by atoms with E-state index in [1.807, 2.05) is 29.2 Å². The summed E-state index contributed by atoms with van der Waals surface area (Å²) in [6.45, 7) is 5.28. The molecule has 7 heteroatoms. The van der Waals surface area contributed by atoms with Gasteiger partial charge in [-0.25, -0.2) is 0 Å². The summed E-state index contributed by atoms with van der Waals surface area (Å²) in [4.78, 5) is 29.9. The van der Waals surface area contributed by atoms with Crippen LogP contribution < -0.4 is 4.90 Å². The Hall–Kier alpha value is -1.79. The molecule has 0 spiro atoms. The number of aliphatic carboxylic acids is 1. The number of piperidine rings is 1. The largest absolute Gasteiger partial charge is 0.481 e. The zero-order valence-electron chi connectivity index (χ0n) is 15.6. The van der Waals surface area contributed by atoms with Crippen LogP contribution in [0.5, 0.6) is 0 Å². The number of benzene rings is 1. The Labute approximate surface area is 165 Å². The van der Waals surface area contributed by atoms with E-state index in [9.17, 15) is 9.59 Å². The second-order valence-electron chi connectivity index (χ2n) is 7.52. The third kappa shape index (κ3) is 5.84.